The fourth-order valence-electron chi connectivity index (χ4n) is 5.24. The van der Waals surface area contributed by atoms with Gasteiger partial charge in [0.15, 0.2) is 0 Å². The molecule has 0 spiro atoms. The van der Waals surface area contributed by atoms with Crippen LogP contribution < -0.4 is 4.74 Å². The van der Waals surface area contributed by atoms with E-state index in [-0.39, 0.29) is 12.5 Å². The average Bonchev–Trinajstić information content (AvgIpc) is 3.41. The van der Waals surface area contributed by atoms with Crippen LogP contribution in [-0.4, -0.2) is 29.1 Å². The lowest BCUT2D eigenvalue weighted by Crippen LogP contribution is -2.32. The maximum atomic E-state index is 10.8. The van der Waals surface area contributed by atoms with Crippen molar-refractivity contribution in [3.05, 3.63) is 64.2 Å². The molecule has 1 unspecified atom stereocenters. The number of rotatable bonds is 5. The molecule has 2 aromatic rings. The molecular weight excluding hydrogens is 362 g/mol. The first-order chi connectivity index (χ1) is 14.2. The molecule has 152 valence electrons. The molecule has 0 radical (unpaired) electrons. The van der Waals surface area contributed by atoms with Crippen LogP contribution in [0.2, 0.25) is 0 Å². The molecule has 0 aromatic heterocycles. The van der Waals surface area contributed by atoms with Gasteiger partial charge < -0.3 is 9.84 Å². The third-order valence-electron chi connectivity index (χ3n) is 6.92. The Bertz CT molecular complexity index is 916. The van der Waals surface area contributed by atoms with Gasteiger partial charge >= 0.3 is 5.97 Å². The van der Waals surface area contributed by atoms with Crippen LogP contribution in [0.15, 0.2) is 36.4 Å². The molecule has 5 rings (SSSR count). The monoisotopic (exact) mass is 391 g/mol. The van der Waals surface area contributed by atoms with E-state index < -0.39 is 5.97 Å². The molecule has 1 aliphatic carbocycles. The van der Waals surface area contributed by atoms with Gasteiger partial charge in [0.25, 0.3) is 0 Å². The minimum absolute atomic E-state index is 0.110. The summed E-state index contributed by atoms with van der Waals surface area (Å²) in [5, 5.41) is 8.91. The number of aliphatic carboxylic acids is 1. The van der Waals surface area contributed by atoms with E-state index >= 15 is 0 Å². The van der Waals surface area contributed by atoms with Crippen molar-refractivity contribution < 1.29 is 14.6 Å². The van der Waals surface area contributed by atoms with E-state index in [2.05, 4.69) is 41.3 Å². The number of carboxylic acids is 1. The molecule has 1 fully saturated rings. The Hall–Kier alpha value is -2.33. The molecule has 1 saturated carbocycles. The summed E-state index contributed by atoms with van der Waals surface area (Å²) in [5.41, 5.74) is 6.83. The second kappa shape index (κ2) is 7.83. The van der Waals surface area contributed by atoms with Gasteiger partial charge in [-0.1, -0.05) is 43.2 Å². The summed E-state index contributed by atoms with van der Waals surface area (Å²) in [4.78, 5) is 13.1. The van der Waals surface area contributed by atoms with Crippen molar-refractivity contribution in [2.45, 2.75) is 63.5 Å². The van der Waals surface area contributed by atoms with Crippen molar-refractivity contribution in [1.29, 1.82) is 0 Å². The van der Waals surface area contributed by atoms with Gasteiger partial charge in [0, 0.05) is 26.1 Å². The highest BCUT2D eigenvalue weighted by atomic mass is 16.5. The number of nitrogens with zero attached hydrogens (tertiary/aromatic N) is 1. The van der Waals surface area contributed by atoms with Crippen molar-refractivity contribution >= 4 is 5.97 Å². The minimum Gasteiger partial charge on any atom is -0.485 e. The van der Waals surface area contributed by atoms with E-state index in [9.17, 15) is 4.79 Å². The predicted molar refractivity (Wildman–Crippen MR) is 112 cm³/mol. The third-order valence-corrected chi connectivity index (χ3v) is 6.92. The lowest BCUT2D eigenvalue weighted by atomic mass is 9.92. The number of hydrogen-bond donors (Lipinski definition) is 1. The molecule has 1 N–H and O–H groups in total. The Morgan fingerprint density at radius 2 is 1.83 bits per heavy atom. The van der Waals surface area contributed by atoms with Crippen LogP contribution in [0.25, 0.3) is 0 Å². The van der Waals surface area contributed by atoms with Crippen molar-refractivity contribution in [3.8, 4) is 5.75 Å². The highest BCUT2D eigenvalue weighted by molar-refractivity contribution is 5.66. The minimum atomic E-state index is -0.722. The summed E-state index contributed by atoms with van der Waals surface area (Å²) in [5.74, 6) is 1.07. The molecule has 3 aliphatic rings. The number of carbonyl (C=O) groups is 1. The molecule has 0 saturated heterocycles. The molecule has 1 atom stereocenters. The summed E-state index contributed by atoms with van der Waals surface area (Å²) in [7, 11) is 0. The lowest BCUT2D eigenvalue weighted by Gasteiger charge is -2.29. The largest absolute Gasteiger partial charge is 0.485 e. The van der Waals surface area contributed by atoms with Crippen LogP contribution in [0.3, 0.4) is 0 Å². The molecule has 2 aromatic carbocycles. The molecule has 2 aliphatic heterocycles. The fourth-order valence-corrected chi connectivity index (χ4v) is 5.24. The second-order valence-electron chi connectivity index (χ2n) is 8.86. The van der Waals surface area contributed by atoms with Crippen LogP contribution in [-0.2, 0) is 24.2 Å². The first-order valence-electron chi connectivity index (χ1n) is 11.0. The van der Waals surface area contributed by atoms with Gasteiger partial charge in [0.1, 0.15) is 11.9 Å². The zero-order valence-corrected chi connectivity index (χ0v) is 16.9. The number of benzene rings is 2. The molecule has 4 heteroatoms. The Morgan fingerprint density at radius 1 is 1.03 bits per heavy atom. The molecule has 29 heavy (non-hydrogen) atoms. The molecule has 2 heterocycles. The smallest absolute Gasteiger partial charge is 0.304 e. The maximum Gasteiger partial charge on any atom is 0.304 e. The maximum absolute atomic E-state index is 10.8. The van der Waals surface area contributed by atoms with Gasteiger partial charge in [-0.15, -0.1) is 0 Å². The summed E-state index contributed by atoms with van der Waals surface area (Å²) < 4.78 is 6.31. The fraction of sp³-hybridized carbons (Fsp3) is 0.480. The SMILES string of the molecule is O=C(O)CCN1CCc2cc(C3Cc4cc(C5CCCC5)ccc4O3)ccc2C1. The van der Waals surface area contributed by atoms with Gasteiger partial charge in [0.05, 0.1) is 6.42 Å². The number of carboxylic acid groups (broad SMARTS) is 1. The quantitative estimate of drug-likeness (QED) is 0.791. The number of fused-ring (bicyclic) bond motifs is 2. The highest BCUT2D eigenvalue weighted by Gasteiger charge is 2.27. The first-order valence-corrected chi connectivity index (χ1v) is 11.0. The van der Waals surface area contributed by atoms with E-state index in [0.29, 0.717) is 6.54 Å². The topological polar surface area (TPSA) is 49.8 Å². The zero-order chi connectivity index (χ0) is 19.8. The standard InChI is InChI=1S/C25H29NO3/c27-25(28)10-12-26-11-9-19-13-20(5-6-21(19)16-26)24-15-22-14-18(7-8-23(22)29-24)17-3-1-2-4-17/h5-8,13-14,17,24H,1-4,9-12,15-16H2,(H,27,28). The van der Waals surface area contributed by atoms with Crippen LogP contribution in [0, 0.1) is 0 Å². The van der Waals surface area contributed by atoms with Crippen molar-refractivity contribution in [2.24, 2.45) is 0 Å². The van der Waals surface area contributed by atoms with Crippen LogP contribution in [0.1, 0.15) is 71.9 Å². The van der Waals surface area contributed by atoms with Gasteiger partial charge in [-0.05, 0) is 59.1 Å². The van der Waals surface area contributed by atoms with Crippen LogP contribution in [0.4, 0.5) is 0 Å². The normalized spacial score (nSPS) is 21.6. The van der Waals surface area contributed by atoms with E-state index in [1.54, 1.807) is 0 Å². The Kier molecular flexibility index (Phi) is 5.04. The zero-order valence-electron chi connectivity index (χ0n) is 16.9. The molecule has 4 nitrogen and oxygen atoms in total. The van der Waals surface area contributed by atoms with Crippen LogP contribution in [0.5, 0.6) is 5.75 Å². The van der Waals surface area contributed by atoms with Gasteiger partial charge in [-0.25, -0.2) is 0 Å². The summed E-state index contributed by atoms with van der Waals surface area (Å²) in [6.07, 6.45) is 7.65. The van der Waals surface area contributed by atoms with Crippen molar-refractivity contribution in [1.82, 2.24) is 4.90 Å². The summed E-state index contributed by atoms with van der Waals surface area (Å²) >= 11 is 0. The van der Waals surface area contributed by atoms with E-state index in [4.69, 9.17) is 9.84 Å². The van der Waals surface area contributed by atoms with Gasteiger partial charge in [-0.3, -0.25) is 9.69 Å². The van der Waals surface area contributed by atoms with E-state index in [1.807, 2.05) is 0 Å². The Morgan fingerprint density at radius 3 is 2.66 bits per heavy atom. The summed E-state index contributed by atoms with van der Waals surface area (Å²) in [6, 6.07) is 13.6. The second-order valence-corrected chi connectivity index (χ2v) is 8.86. The highest BCUT2D eigenvalue weighted by Crippen LogP contribution is 2.41. The van der Waals surface area contributed by atoms with Crippen molar-refractivity contribution in [2.75, 3.05) is 13.1 Å². The van der Waals surface area contributed by atoms with Gasteiger partial charge in [-0.2, -0.15) is 0 Å². The Labute approximate surface area is 172 Å². The van der Waals surface area contributed by atoms with Crippen LogP contribution >= 0.6 is 0 Å². The molecule has 0 bridgehead atoms. The number of ether oxygens (including phenoxy) is 1. The van der Waals surface area contributed by atoms with Gasteiger partial charge in [0.2, 0.25) is 0 Å². The average molecular weight is 392 g/mol. The number of hydrogen-bond acceptors (Lipinski definition) is 3. The lowest BCUT2D eigenvalue weighted by molar-refractivity contribution is -0.137. The first kappa shape index (κ1) is 18.7. The van der Waals surface area contributed by atoms with E-state index in [0.717, 1.165) is 37.6 Å². The molecule has 0 amide bonds. The Balaban J connectivity index is 1.28. The van der Waals surface area contributed by atoms with Crippen molar-refractivity contribution in [3.63, 3.8) is 0 Å². The third kappa shape index (κ3) is 3.91. The molecular formula is C25H29NO3. The summed E-state index contributed by atoms with van der Waals surface area (Å²) in [6.45, 7) is 2.40. The van der Waals surface area contributed by atoms with E-state index in [1.165, 1.54) is 53.5 Å². The predicted octanol–water partition coefficient (Wildman–Crippen LogP) is 4.85.